The van der Waals surface area contributed by atoms with Gasteiger partial charge in [0.25, 0.3) is 0 Å². The van der Waals surface area contributed by atoms with Crippen LogP contribution in [0.15, 0.2) is 0 Å². The number of carboxylic acids is 1. The zero-order chi connectivity index (χ0) is 13.6. The largest absolute Gasteiger partial charge is 0.480 e. The van der Waals surface area contributed by atoms with Crippen molar-refractivity contribution in [3.8, 4) is 0 Å². The molecule has 19 heavy (non-hydrogen) atoms. The van der Waals surface area contributed by atoms with Crippen molar-refractivity contribution in [2.24, 2.45) is 11.8 Å². The summed E-state index contributed by atoms with van der Waals surface area (Å²) in [5.41, 5.74) is 0. The Hall–Kier alpha value is -1.30. The van der Waals surface area contributed by atoms with Crippen molar-refractivity contribution < 1.29 is 19.8 Å². The van der Waals surface area contributed by atoms with Gasteiger partial charge in [0.2, 0.25) is 0 Å². The number of hydrogen-bond acceptors (Lipinski definition) is 3. The van der Waals surface area contributed by atoms with E-state index in [0.717, 1.165) is 12.3 Å². The number of β-amino-alcohol motifs (C(OH)–C–C–N with tert-alkyl or cyclic N) is 1. The summed E-state index contributed by atoms with van der Waals surface area (Å²) < 4.78 is 0. The molecule has 1 saturated heterocycles. The fraction of sp³-hybridized carbons (Fsp3) is 0.846. The first kappa shape index (κ1) is 12.7. The van der Waals surface area contributed by atoms with Crippen LogP contribution < -0.4 is 5.32 Å². The third-order valence-electron chi connectivity index (χ3n) is 4.87. The van der Waals surface area contributed by atoms with Gasteiger partial charge in [-0.3, -0.25) is 0 Å². The Morgan fingerprint density at radius 2 is 1.95 bits per heavy atom. The number of carbonyl (C=O) groups is 2. The molecule has 0 aromatic heterocycles. The topological polar surface area (TPSA) is 89.9 Å². The number of aliphatic hydroxyl groups is 1. The maximum atomic E-state index is 12.2. The molecule has 3 rings (SSSR count). The van der Waals surface area contributed by atoms with Crippen LogP contribution in [0, 0.1) is 11.8 Å². The van der Waals surface area contributed by atoms with E-state index in [1.807, 2.05) is 0 Å². The van der Waals surface area contributed by atoms with Crippen LogP contribution in [0.25, 0.3) is 0 Å². The molecule has 2 bridgehead atoms. The molecule has 2 saturated carbocycles. The Balaban J connectivity index is 1.62. The molecule has 6 heteroatoms. The molecule has 1 heterocycles. The van der Waals surface area contributed by atoms with E-state index in [4.69, 9.17) is 5.11 Å². The van der Waals surface area contributed by atoms with Crippen molar-refractivity contribution in [2.45, 2.75) is 50.3 Å². The van der Waals surface area contributed by atoms with Crippen molar-refractivity contribution >= 4 is 12.0 Å². The number of aliphatic carboxylic acids is 1. The summed E-state index contributed by atoms with van der Waals surface area (Å²) >= 11 is 0. The number of carboxylic acid groups (broad SMARTS) is 1. The first-order chi connectivity index (χ1) is 9.04. The van der Waals surface area contributed by atoms with Crippen molar-refractivity contribution in [2.75, 3.05) is 6.54 Å². The molecule has 3 unspecified atom stereocenters. The first-order valence-corrected chi connectivity index (χ1v) is 7.02. The van der Waals surface area contributed by atoms with Gasteiger partial charge in [0.15, 0.2) is 0 Å². The molecular weight excluding hydrogens is 248 g/mol. The molecule has 0 aromatic rings. The summed E-state index contributed by atoms with van der Waals surface area (Å²) in [4.78, 5) is 24.5. The fourth-order valence-electron chi connectivity index (χ4n) is 3.94. The Kier molecular flexibility index (Phi) is 3.12. The lowest BCUT2D eigenvalue weighted by molar-refractivity contribution is -0.141. The average Bonchev–Trinajstić information content (AvgIpc) is 3.02. The normalized spacial score (nSPS) is 40.7. The lowest BCUT2D eigenvalue weighted by Crippen LogP contribution is -2.50. The van der Waals surface area contributed by atoms with Crippen molar-refractivity contribution in [1.29, 1.82) is 0 Å². The number of fused-ring (bicyclic) bond motifs is 2. The van der Waals surface area contributed by atoms with Crippen LogP contribution in [0.4, 0.5) is 4.79 Å². The summed E-state index contributed by atoms with van der Waals surface area (Å²) in [6.45, 7) is 0.115. The van der Waals surface area contributed by atoms with E-state index < -0.39 is 18.1 Å². The molecule has 0 radical (unpaired) electrons. The van der Waals surface area contributed by atoms with Crippen LogP contribution >= 0.6 is 0 Å². The van der Waals surface area contributed by atoms with Crippen LogP contribution in [0.1, 0.15) is 32.1 Å². The highest BCUT2D eigenvalue weighted by Crippen LogP contribution is 2.44. The van der Waals surface area contributed by atoms with Gasteiger partial charge >= 0.3 is 12.0 Å². The number of aliphatic hydroxyl groups excluding tert-OH is 1. The zero-order valence-corrected chi connectivity index (χ0v) is 10.8. The molecular formula is C13H20N2O4. The molecule has 3 aliphatic rings. The van der Waals surface area contributed by atoms with E-state index in [0.29, 0.717) is 5.92 Å². The predicted octanol–water partition coefficient (Wildman–Crippen LogP) is 0.404. The first-order valence-electron chi connectivity index (χ1n) is 7.02. The minimum atomic E-state index is -1.04. The standard InChI is InChI=1S/C13H20N2O4/c16-9-5-11(12(17)18)15(6-9)13(19)14-10-4-7-1-2-8(10)3-7/h7-11,16H,1-6H2,(H,14,19)(H,17,18)/t7?,8?,9-,10?,11+/m1/s1. The number of nitrogens with zero attached hydrogens (tertiary/aromatic N) is 1. The highest BCUT2D eigenvalue weighted by atomic mass is 16.4. The summed E-state index contributed by atoms with van der Waals surface area (Å²) in [7, 11) is 0. The predicted molar refractivity (Wildman–Crippen MR) is 66.5 cm³/mol. The van der Waals surface area contributed by atoms with E-state index in [1.54, 1.807) is 0 Å². The van der Waals surface area contributed by atoms with Gasteiger partial charge in [0, 0.05) is 19.0 Å². The smallest absolute Gasteiger partial charge is 0.326 e. The van der Waals surface area contributed by atoms with Gasteiger partial charge in [-0.15, -0.1) is 0 Å². The number of hydrogen-bond donors (Lipinski definition) is 3. The second-order valence-electron chi connectivity index (χ2n) is 6.13. The third-order valence-corrected chi connectivity index (χ3v) is 4.87. The second-order valence-corrected chi connectivity index (χ2v) is 6.13. The molecule has 5 atom stereocenters. The maximum Gasteiger partial charge on any atom is 0.326 e. The Morgan fingerprint density at radius 1 is 1.16 bits per heavy atom. The molecule has 2 aliphatic carbocycles. The molecule has 6 nitrogen and oxygen atoms in total. The van der Waals surface area contributed by atoms with E-state index in [-0.39, 0.29) is 25.0 Å². The third kappa shape index (κ3) is 2.29. The lowest BCUT2D eigenvalue weighted by Gasteiger charge is -2.28. The van der Waals surface area contributed by atoms with Gasteiger partial charge in [-0.1, -0.05) is 6.42 Å². The van der Waals surface area contributed by atoms with Crippen LogP contribution in [-0.4, -0.2) is 51.8 Å². The minimum Gasteiger partial charge on any atom is -0.480 e. The van der Waals surface area contributed by atoms with Gasteiger partial charge < -0.3 is 20.4 Å². The molecule has 106 valence electrons. The van der Waals surface area contributed by atoms with Crippen molar-refractivity contribution in [3.05, 3.63) is 0 Å². The fourth-order valence-corrected chi connectivity index (χ4v) is 3.94. The average molecular weight is 268 g/mol. The quantitative estimate of drug-likeness (QED) is 0.676. The summed E-state index contributed by atoms with van der Waals surface area (Å²) in [6, 6.07) is -1.03. The molecule has 3 fully saturated rings. The minimum absolute atomic E-state index is 0.115. The van der Waals surface area contributed by atoms with Crippen LogP contribution in [0.5, 0.6) is 0 Å². The Morgan fingerprint density at radius 3 is 2.53 bits per heavy atom. The molecule has 0 aromatic carbocycles. The molecule has 1 aliphatic heterocycles. The zero-order valence-electron chi connectivity index (χ0n) is 10.8. The number of rotatable bonds is 2. The number of carbonyl (C=O) groups excluding carboxylic acids is 1. The summed E-state index contributed by atoms with van der Waals surface area (Å²) in [6.07, 6.45) is 4.03. The van der Waals surface area contributed by atoms with Gasteiger partial charge in [-0.2, -0.15) is 0 Å². The van der Waals surface area contributed by atoms with Crippen molar-refractivity contribution in [1.82, 2.24) is 10.2 Å². The highest BCUT2D eigenvalue weighted by molar-refractivity contribution is 5.83. The van der Waals surface area contributed by atoms with Gasteiger partial charge in [0.05, 0.1) is 6.10 Å². The van der Waals surface area contributed by atoms with Crippen LogP contribution in [0.2, 0.25) is 0 Å². The van der Waals surface area contributed by atoms with E-state index in [9.17, 15) is 14.7 Å². The summed E-state index contributed by atoms with van der Waals surface area (Å²) in [5.74, 6) is 0.249. The van der Waals surface area contributed by atoms with Gasteiger partial charge in [-0.25, -0.2) is 9.59 Å². The molecule has 3 N–H and O–H groups in total. The summed E-state index contributed by atoms with van der Waals surface area (Å²) in [5, 5.41) is 21.6. The maximum absolute atomic E-state index is 12.2. The van der Waals surface area contributed by atoms with Gasteiger partial charge in [-0.05, 0) is 31.1 Å². The Labute approximate surface area is 111 Å². The molecule has 0 spiro atoms. The number of likely N-dealkylation sites (tertiary alicyclic amines) is 1. The Bertz CT molecular complexity index is 400. The number of urea groups is 1. The lowest BCUT2D eigenvalue weighted by atomic mass is 9.95. The monoisotopic (exact) mass is 268 g/mol. The van der Waals surface area contributed by atoms with E-state index in [1.165, 1.54) is 24.2 Å². The highest BCUT2D eigenvalue weighted by Gasteiger charge is 2.43. The number of amides is 2. The molecule has 2 amide bonds. The second kappa shape index (κ2) is 4.67. The number of nitrogens with one attached hydrogen (secondary N) is 1. The van der Waals surface area contributed by atoms with E-state index in [2.05, 4.69) is 5.32 Å². The van der Waals surface area contributed by atoms with E-state index >= 15 is 0 Å². The van der Waals surface area contributed by atoms with Crippen molar-refractivity contribution in [3.63, 3.8) is 0 Å². The van der Waals surface area contributed by atoms with Gasteiger partial charge in [0.1, 0.15) is 6.04 Å². The SMILES string of the molecule is O=C(O)[C@@H]1C[C@@H](O)CN1C(=O)NC1CC2CCC1C2. The van der Waals surface area contributed by atoms with Crippen LogP contribution in [-0.2, 0) is 4.79 Å². The van der Waals surface area contributed by atoms with Crippen LogP contribution in [0.3, 0.4) is 0 Å².